The van der Waals surface area contributed by atoms with Crippen LogP contribution in [-0.2, 0) is 4.79 Å². The van der Waals surface area contributed by atoms with Gasteiger partial charge in [0, 0.05) is 26.7 Å². The number of carboxylic acid groups (broad SMARTS) is 1. The molecule has 0 aromatic carbocycles. The second-order valence-corrected chi connectivity index (χ2v) is 4.70. The van der Waals surface area contributed by atoms with Crippen LogP contribution in [0.25, 0.3) is 0 Å². The molecule has 0 aliphatic rings. The number of hydrogen-bond donors (Lipinski definition) is 1. The first-order chi connectivity index (χ1) is 8.41. The molecule has 0 spiro atoms. The first-order valence-electron chi connectivity index (χ1n) is 6.03. The zero-order valence-corrected chi connectivity index (χ0v) is 11.4. The van der Waals surface area contributed by atoms with Crippen LogP contribution in [0.5, 0.6) is 0 Å². The lowest BCUT2D eigenvalue weighted by Crippen LogP contribution is -2.33. The minimum absolute atomic E-state index is 0.133. The number of aromatic nitrogens is 1. The molecule has 0 radical (unpaired) electrons. The van der Waals surface area contributed by atoms with Crippen molar-refractivity contribution in [3.05, 3.63) is 18.3 Å². The van der Waals surface area contributed by atoms with Crippen LogP contribution in [0.4, 0.5) is 11.5 Å². The molecule has 0 atom stereocenters. The third-order valence-electron chi connectivity index (χ3n) is 2.71. The summed E-state index contributed by atoms with van der Waals surface area (Å²) in [6.45, 7) is 4.58. The minimum atomic E-state index is -0.779. The summed E-state index contributed by atoms with van der Waals surface area (Å²) in [4.78, 5) is 19.0. The molecule has 1 aromatic rings. The van der Waals surface area contributed by atoms with E-state index in [1.807, 2.05) is 49.9 Å². The Bertz CT molecular complexity index is 388. The van der Waals surface area contributed by atoms with Gasteiger partial charge in [0.05, 0.1) is 18.3 Å². The van der Waals surface area contributed by atoms with Crippen molar-refractivity contribution in [1.29, 1.82) is 0 Å². The van der Waals surface area contributed by atoms with Crippen molar-refractivity contribution in [1.82, 2.24) is 4.98 Å². The van der Waals surface area contributed by atoms with Gasteiger partial charge in [0.25, 0.3) is 0 Å². The molecule has 1 rings (SSSR count). The van der Waals surface area contributed by atoms with Crippen molar-refractivity contribution in [2.45, 2.75) is 26.3 Å². The van der Waals surface area contributed by atoms with E-state index in [4.69, 9.17) is 5.11 Å². The standard InChI is InChI=1S/C13H21N3O2/c1-10(2)16(8-7-13(17)18)11-5-6-12(14-9-11)15(3)4/h5-6,9-10H,7-8H2,1-4H3,(H,17,18). The Kier molecular flexibility index (Phi) is 4.95. The molecule has 1 aromatic heterocycles. The van der Waals surface area contributed by atoms with Crippen molar-refractivity contribution in [3.63, 3.8) is 0 Å². The Balaban J connectivity index is 2.82. The molecule has 5 nitrogen and oxygen atoms in total. The molecular weight excluding hydrogens is 230 g/mol. The lowest BCUT2D eigenvalue weighted by Gasteiger charge is -2.28. The summed E-state index contributed by atoms with van der Waals surface area (Å²) < 4.78 is 0. The number of carbonyl (C=O) groups is 1. The molecule has 0 fully saturated rings. The van der Waals surface area contributed by atoms with E-state index < -0.39 is 5.97 Å². The Morgan fingerprint density at radius 1 is 1.39 bits per heavy atom. The Morgan fingerprint density at radius 3 is 2.44 bits per heavy atom. The SMILES string of the molecule is CC(C)N(CCC(=O)O)c1ccc(N(C)C)nc1. The maximum atomic E-state index is 10.7. The van der Waals surface area contributed by atoms with Crippen LogP contribution in [0.15, 0.2) is 18.3 Å². The molecular formula is C13H21N3O2. The van der Waals surface area contributed by atoms with Gasteiger partial charge in [-0.2, -0.15) is 0 Å². The van der Waals surface area contributed by atoms with E-state index >= 15 is 0 Å². The average Bonchev–Trinajstić information content (AvgIpc) is 2.29. The number of aliphatic carboxylic acids is 1. The fraction of sp³-hybridized carbons (Fsp3) is 0.538. The summed E-state index contributed by atoms with van der Waals surface area (Å²) in [7, 11) is 3.87. The van der Waals surface area contributed by atoms with Gasteiger partial charge in [0.2, 0.25) is 0 Å². The van der Waals surface area contributed by atoms with E-state index in [-0.39, 0.29) is 12.5 Å². The molecule has 0 saturated heterocycles. The summed E-state index contributed by atoms with van der Waals surface area (Å²) in [6, 6.07) is 4.16. The van der Waals surface area contributed by atoms with Crippen LogP contribution in [-0.4, -0.2) is 42.7 Å². The molecule has 1 heterocycles. The van der Waals surface area contributed by atoms with Crippen molar-refractivity contribution in [2.24, 2.45) is 0 Å². The van der Waals surface area contributed by atoms with Gasteiger partial charge in [-0.3, -0.25) is 4.79 Å². The number of carboxylic acids is 1. The van der Waals surface area contributed by atoms with Crippen LogP contribution < -0.4 is 9.80 Å². The van der Waals surface area contributed by atoms with Crippen LogP contribution in [0.1, 0.15) is 20.3 Å². The molecule has 100 valence electrons. The Morgan fingerprint density at radius 2 is 2.06 bits per heavy atom. The van der Waals surface area contributed by atoms with Gasteiger partial charge in [-0.05, 0) is 26.0 Å². The zero-order chi connectivity index (χ0) is 13.7. The van der Waals surface area contributed by atoms with Gasteiger partial charge in [-0.15, -0.1) is 0 Å². The van der Waals surface area contributed by atoms with E-state index in [2.05, 4.69) is 4.98 Å². The highest BCUT2D eigenvalue weighted by Crippen LogP contribution is 2.19. The smallest absolute Gasteiger partial charge is 0.305 e. The van der Waals surface area contributed by atoms with Gasteiger partial charge >= 0.3 is 5.97 Å². The predicted octanol–water partition coefficient (Wildman–Crippen LogP) is 1.84. The van der Waals surface area contributed by atoms with Gasteiger partial charge in [0.1, 0.15) is 5.82 Å². The van der Waals surface area contributed by atoms with Gasteiger partial charge in [-0.25, -0.2) is 4.98 Å². The van der Waals surface area contributed by atoms with Crippen molar-refractivity contribution < 1.29 is 9.90 Å². The van der Waals surface area contributed by atoms with E-state index in [0.717, 1.165) is 11.5 Å². The zero-order valence-electron chi connectivity index (χ0n) is 11.4. The Labute approximate surface area is 108 Å². The largest absolute Gasteiger partial charge is 0.481 e. The maximum Gasteiger partial charge on any atom is 0.305 e. The first kappa shape index (κ1) is 14.3. The van der Waals surface area contributed by atoms with Crippen LogP contribution in [0, 0.1) is 0 Å². The average molecular weight is 251 g/mol. The van der Waals surface area contributed by atoms with E-state index in [1.165, 1.54) is 0 Å². The lowest BCUT2D eigenvalue weighted by molar-refractivity contribution is -0.136. The number of nitrogens with zero attached hydrogens (tertiary/aromatic N) is 3. The predicted molar refractivity (Wildman–Crippen MR) is 73.3 cm³/mol. The fourth-order valence-electron chi connectivity index (χ4n) is 1.71. The highest BCUT2D eigenvalue weighted by Gasteiger charge is 2.12. The summed E-state index contributed by atoms with van der Waals surface area (Å²) in [6.07, 6.45) is 1.92. The third-order valence-corrected chi connectivity index (χ3v) is 2.71. The maximum absolute atomic E-state index is 10.7. The highest BCUT2D eigenvalue weighted by molar-refractivity contribution is 5.67. The second-order valence-electron chi connectivity index (χ2n) is 4.70. The Hall–Kier alpha value is -1.78. The summed E-state index contributed by atoms with van der Waals surface area (Å²) in [5.74, 6) is 0.110. The molecule has 0 aliphatic heterocycles. The van der Waals surface area contributed by atoms with Gasteiger partial charge in [0.15, 0.2) is 0 Å². The summed E-state index contributed by atoms with van der Waals surface area (Å²) >= 11 is 0. The molecule has 18 heavy (non-hydrogen) atoms. The normalized spacial score (nSPS) is 10.5. The van der Waals surface area contributed by atoms with E-state index in [0.29, 0.717) is 6.54 Å². The van der Waals surface area contributed by atoms with Crippen LogP contribution in [0.2, 0.25) is 0 Å². The second kappa shape index (κ2) is 6.23. The molecule has 1 N–H and O–H groups in total. The van der Waals surface area contributed by atoms with Crippen LogP contribution in [0.3, 0.4) is 0 Å². The first-order valence-corrected chi connectivity index (χ1v) is 6.03. The third kappa shape index (κ3) is 3.91. The van der Waals surface area contributed by atoms with Crippen LogP contribution >= 0.6 is 0 Å². The quantitative estimate of drug-likeness (QED) is 0.836. The molecule has 0 amide bonds. The highest BCUT2D eigenvalue weighted by atomic mass is 16.4. The number of rotatable bonds is 6. The monoisotopic (exact) mass is 251 g/mol. The molecule has 0 bridgehead atoms. The molecule has 0 saturated carbocycles. The minimum Gasteiger partial charge on any atom is -0.481 e. The topological polar surface area (TPSA) is 56.7 Å². The van der Waals surface area contributed by atoms with Crippen molar-refractivity contribution >= 4 is 17.5 Å². The van der Waals surface area contributed by atoms with Crippen molar-refractivity contribution in [3.8, 4) is 0 Å². The fourth-order valence-corrected chi connectivity index (χ4v) is 1.71. The molecule has 0 unspecified atom stereocenters. The van der Waals surface area contributed by atoms with Gasteiger partial charge < -0.3 is 14.9 Å². The van der Waals surface area contributed by atoms with E-state index in [1.54, 1.807) is 6.20 Å². The van der Waals surface area contributed by atoms with Gasteiger partial charge in [-0.1, -0.05) is 0 Å². The number of anilines is 2. The summed E-state index contributed by atoms with van der Waals surface area (Å²) in [5.41, 5.74) is 0.955. The number of pyridine rings is 1. The molecule has 0 aliphatic carbocycles. The van der Waals surface area contributed by atoms with Crippen molar-refractivity contribution in [2.75, 3.05) is 30.4 Å². The lowest BCUT2D eigenvalue weighted by atomic mass is 10.2. The molecule has 5 heteroatoms. The summed E-state index contributed by atoms with van der Waals surface area (Å²) in [5, 5.41) is 8.76. The number of hydrogen-bond acceptors (Lipinski definition) is 4. The van der Waals surface area contributed by atoms with E-state index in [9.17, 15) is 4.79 Å².